The van der Waals surface area contributed by atoms with Crippen molar-refractivity contribution in [2.24, 2.45) is 0 Å². The van der Waals surface area contributed by atoms with Gasteiger partial charge in [0.25, 0.3) is 5.91 Å². The molecule has 1 aromatic carbocycles. The summed E-state index contributed by atoms with van der Waals surface area (Å²) in [6, 6.07) is 5.19. The summed E-state index contributed by atoms with van der Waals surface area (Å²) < 4.78 is 49.2. The maximum absolute atomic E-state index is 13.0. The van der Waals surface area contributed by atoms with E-state index in [1.807, 2.05) is 0 Å². The number of hydrogen-bond donors (Lipinski definition) is 1. The molecule has 2 rings (SSSR count). The summed E-state index contributed by atoms with van der Waals surface area (Å²) in [6.45, 7) is 0.0690. The molecule has 1 N–H and O–H groups in total. The largest absolute Gasteiger partial charge is 0.405 e. The van der Waals surface area contributed by atoms with Crippen LogP contribution in [-0.4, -0.2) is 23.6 Å². The third-order valence-corrected chi connectivity index (χ3v) is 2.66. The summed E-state index contributed by atoms with van der Waals surface area (Å²) in [7, 11) is 0. The molecule has 1 heterocycles. The van der Waals surface area contributed by atoms with Gasteiger partial charge in [0.15, 0.2) is 0 Å². The highest BCUT2D eigenvalue weighted by molar-refractivity contribution is 5.98. The molecule has 0 bridgehead atoms. The van der Waals surface area contributed by atoms with Crippen LogP contribution in [-0.2, 0) is 0 Å². The van der Waals surface area contributed by atoms with E-state index in [1.165, 1.54) is 31.2 Å². The fourth-order valence-corrected chi connectivity index (χ4v) is 1.74. The second-order valence-electron chi connectivity index (χ2n) is 4.26. The number of hydrogen-bond acceptors (Lipinski definition) is 2. The lowest BCUT2D eigenvalue weighted by atomic mass is 10.1. The normalized spacial score (nSPS) is 11.7. The van der Waals surface area contributed by atoms with Crippen LogP contribution in [0.3, 0.4) is 0 Å². The standard InChI is InChI=1S/C13H10F4N2O/c1-7-10(12(20)18-6-13(15,16)17)4-8-2-3-9(14)5-11(8)19-7/h2-5H,6H2,1H3,(H,18,20). The lowest BCUT2D eigenvalue weighted by Crippen LogP contribution is -2.34. The Morgan fingerprint density at radius 3 is 2.65 bits per heavy atom. The van der Waals surface area contributed by atoms with E-state index in [-0.39, 0.29) is 11.3 Å². The number of aryl methyl sites for hydroxylation is 1. The number of halogens is 4. The van der Waals surface area contributed by atoms with E-state index >= 15 is 0 Å². The van der Waals surface area contributed by atoms with Gasteiger partial charge in [0.1, 0.15) is 12.4 Å². The number of amides is 1. The summed E-state index contributed by atoms with van der Waals surface area (Å²) >= 11 is 0. The second kappa shape index (κ2) is 5.07. The van der Waals surface area contributed by atoms with Crippen LogP contribution in [0.4, 0.5) is 17.6 Å². The molecular weight excluding hydrogens is 276 g/mol. The molecule has 3 nitrogen and oxygen atoms in total. The summed E-state index contributed by atoms with van der Waals surface area (Å²) in [5, 5.41) is 2.26. The van der Waals surface area contributed by atoms with Crippen LogP contribution in [0.5, 0.6) is 0 Å². The molecule has 7 heteroatoms. The van der Waals surface area contributed by atoms with Crippen LogP contribution < -0.4 is 5.32 Å². The van der Waals surface area contributed by atoms with Crippen LogP contribution in [0, 0.1) is 12.7 Å². The molecule has 20 heavy (non-hydrogen) atoms. The average Bonchev–Trinajstić information content (AvgIpc) is 2.34. The zero-order valence-corrected chi connectivity index (χ0v) is 10.4. The predicted molar refractivity (Wildman–Crippen MR) is 64.8 cm³/mol. The number of carbonyl (C=O) groups is 1. The van der Waals surface area contributed by atoms with Crippen LogP contribution >= 0.6 is 0 Å². The van der Waals surface area contributed by atoms with Gasteiger partial charge in [-0.25, -0.2) is 4.39 Å². The number of aromatic nitrogens is 1. The number of carbonyl (C=O) groups excluding carboxylic acids is 1. The summed E-state index contributed by atoms with van der Waals surface area (Å²) in [5.74, 6) is -1.34. The van der Waals surface area contributed by atoms with Crippen molar-refractivity contribution in [1.82, 2.24) is 10.3 Å². The summed E-state index contributed by atoms with van der Waals surface area (Å²) in [6.07, 6.45) is -4.48. The highest BCUT2D eigenvalue weighted by Gasteiger charge is 2.28. The van der Waals surface area contributed by atoms with E-state index in [1.54, 1.807) is 5.32 Å². The Morgan fingerprint density at radius 2 is 2.00 bits per heavy atom. The van der Waals surface area contributed by atoms with Crippen molar-refractivity contribution in [1.29, 1.82) is 0 Å². The molecule has 0 atom stereocenters. The Kier molecular flexibility index (Phi) is 3.61. The predicted octanol–water partition coefficient (Wildman–Crippen LogP) is 2.97. The number of nitrogens with one attached hydrogen (secondary N) is 1. The molecule has 0 spiro atoms. The zero-order valence-electron chi connectivity index (χ0n) is 10.4. The number of benzene rings is 1. The minimum Gasteiger partial charge on any atom is -0.343 e. The molecular formula is C13H10F4N2O. The number of pyridine rings is 1. The molecule has 0 saturated heterocycles. The SMILES string of the molecule is Cc1nc2cc(F)ccc2cc1C(=O)NCC(F)(F)F. The highest BCUT2D eigenvalue weighted by Crippen LogP contribution is 2.18. The van der Waals surface area contributed by atoms with Crippen LogP contribution in [0.25, 0.3) is 10.9 Å². The van der Waals surface area contributed by atoms with Gasteiger partial charge in [-0.2, -0.15) is 13.2 Å². The fraction of sp³-hybridized carbons (Fsp3) is 0.231. The Bertz CT molecular complexity index is 667. The Hall–Kier alpha value is -2.18. The van der Waals surface area contributed by atoms with Crippen LogP contribution in [0.2, 0.25) is 0 Å². The van der Waals surface area contributed by atoms with Crippen molar-refractivity contribution in [3.05, 3.63) is 41.3 Å². The third-order valence-electron chi connectivity index (χ3n) is 2.66. The molecule has 106 valence electrons. The Morgan fingerprint density at radius 1 is 1.30 bits per heavy atom. The van der Waals surface area contributed by atoms with Gasteiger partial charge in [-0.3, -0.25) is 9.78 Å². The first kappa shape index (κ1) is 14.2. The molecule has 0 saturated carbocycles. The van der Waals surface area contributed by atoms with Gasteiger partial charge in [-0.05, 0) is 25.1 Å². The molecule has 0 aliphatic carbocycles. The zero-order chi connectivity index (χ0) is 14.9. The maximum Gasteiger partial charge on any atom is 0.405 e. The lowest BCUT2D eigenvalue weighted by Gasteiger charge is -2.10. The van der Waals surface area contributed by atoms with Gasteiger partial charge >= 0.3 is 6.18 Å². The van der Waals surface area contributed by atoms with Crippen molar-refractivity contribution < 1.29 is 22.4 Å². The van der Waals surface area contributed by atoms with Gasteiger partial charge in [-0.1, -0.05) is 0 Å². The lowest BCUT2D eigenvalue weighted by molar-refractivity contribution is -0.123. The number of fused-ring (bicyclic) bond motifs is 1. The number of nitrogens with zero attached hydrogens (tertiary/aromatic N) is 1. The Balaban J connectivity index is 2.32. The molecule has 0 aliphatic rings. The van der Waals surface area contributed by atoms with Gasteiger partial charge < -0.3 is 5.32 Å². The molecule has 0 unspecified atom stereocenters. The first-order chi connectivity index (χ1) is 9.26. The van der Waals surface area contributed by atoms with E-state index in [2.05, 4.69) is 4.98 Å². The first-order valence-corrected chi connectivity index (χ1v) is 5.68. The third kappa shape index (κ3) is 3.23. The number of alkyl halides is 3. The topological polar surface area (TPSA) is 42.0 Å². The monoisotopic (exact) mass is 286 g/mol. The molecule has 2 aromatic rings. The molecule has 1 aromatic heterocycles. The van der Waals surface area contributed by atoms with Gasteiger partial charge in [0.05, 0.1) is 16.8 Å². The molecule has 1 amide bonds. The van der Waals surface area contributed by atoms with Crippen molar-refractivity contribution in [3.63, 3.8) is 0 Å². The van der Waals surface area contributed by atoms with E-state index in [0.29, 0.717) is 10.9 Å². The quantitative estimate of drug-likeness (QED) is 0.862. The van der Waals surface area contributed by atoms with Crippen molar-refractivity contribution in [2.45, 2.75) is 13.1 Å². The van der Waals surface area contributed by atoms with E-state index in [0.717, 1.165) is 0 Å². The van der Waals surface area contributed by atoms with Gasteiger partial charge in [-0.15, -0.1) is 0 Å². The fourth-order valence-electron chi connectivity index (χ4n) is 1.74. The maximum atomic E-state index is 13.0. The van der Waals surface area contributed by atoms with Gasteiger partial charge in [0.2, 0.25) is 0 Å². The van der Waals surface area contributed by atoms with Gasteiger partial charge in [0, 0.05) is 11.5 Å². The summed E-state index contributed by atoms with van der Waals surface area (Å²) in [5.41, 5.74) is 0.617. The molecule has 0 fully saturated rings. The Labute approximate surface area is 111 Å². The van der Waals surface area contributed by atoms with E-state index < -0.39 is 24.4 Å². The second-order valence-corrected chi connectivity index (χ2v) is 4.26. The van der Waals surface area contributed by atoms with Crippen LogP contribution in [0.1, 0.15) is 16.1 Å². The minimum atomic E-state index is -4.48. The highest BCUT2D eigenvalue weighted by atomic mass is 19.4. The average molecular weight is 286 g/mol. The van der Waals surface area contributed by atoms with E-state index in [4.69, 9.17) is 0 Å². The van der Waals surface area contributed by atoms with Crippen molar-refractivity contribution >= 4 is 16.8 Å². The van der Waals surface area contributed by atoms with Crippen molar-refractivity contribution in [3.8, 4) is 0 Å². The summed E-state index contributed by atoms with van der Waals surface area (Å²) in [4.78, 5) is 15.7. The van der Waals surface area contributed by atoms with E-state index in [9.17, 15) is 22.4 Å². The smallest absolute Gasteiger partial charge is 0.343 e. The number of rotatable bonds is 2. The van der Waals surface area contributed by atoms with Crippen LogP contribution in [0.15, 0.2) is 24.3 Å². The first-order valence-electron chi connectivity index (χ1n) is 5.68. The minimum absolute atomic E-state index is 0.0355. The molecule has 0 aliphatic heterocycles. The molecule has 0 radical (unpaired) electrons. The van der Waals surface area contributed by atoms with Crippen molar-refractivity contribution in [2.75, 3.05) is 6.54 Å².